The van der Waals surface area contributed by atoms with Gasteiger partial charge in [-0.25, -0.2) is 4.98 Å². The second kappa shape index (κ2) is 5.78. The molecule has 4 heteroatoms. The highest BCUT2D eigenvalue weighted by atomic mass is 16.3. The van der Waals surface area contributed by atoms with Crippen molar-refractivity contribution >= 4 is 0 Å². The Morgan fingerprint density at radius 1 is 1.50 bits per heavy atom. The van der Waals surface area contributed by atoms with Crippen LogP contribution in [0.3, 0.4) is 0 Å². The lowest BCUT2D eigenvalue weighted by atomic mass is 10.3. The molecule has 1 heterocycles. The van der Waals surface area contributed by atoms with E-state index in [-0.39, 0.29) is 6.10 Å². The van der Waals surface area contributed by atoms with Crippen molar-refractivity contribution in [3.8, 4) is 0 Å². The monoisotopic (exact) mass is 197 g/mol. The van der Waals surface area contributed by atoms with Gasteiger partial charge in [0, 0.05) is 32.0 Å². The minimum absolute atomic E-state index is 0.203. The van der Waals surface area contributed by atoms with E-state index in [1.165, 1.54) is 0 Å². The van der Waals surface area contributed by atoms with Gasteiger partial charge in [0.25, 0.3) is 0 Å². The molecule has 4 nitrogen and oxygen atoms in total. The summed E-state index contributed by atoms with van der Waals surface area (Å²) in [5.41, 5.74) is 0. The number of likely N-dealkylation sites (N-methyl/N-ethyl adjacent to an activating group) is 1. The quantitative estimate of drug-likeness (QED) is 0.725. The SMILES string of the molecule is CC(O)CCN(C)CCn1ccnc1. The van der Waals surface area contributed by atoms with Crippen molar-refractivity contribution in [1.29, 1.82) is 0 Å². The van der Waals surface area contributed by atoms with Crippen LogP contribution in [0.4, 0.5) is 0 Å². The van der Waals surface area contributed by atoms with E-state index in [1.54, 1.807) is 6.20 Å². The molecule has 0 saturated carbocycles. The zero-order chi connectivity index (χ0) is 10.4. The van der Waals surface area contributed by atoms with E-state index in [1.807, 2.05) is 19.4 Å². The number of aliphatic hydroxyl groups excluding tert-OH is 1. The van der Waals surface area contributed by atoms with Crippen molar-refractivity contribution in [2.45, 2.75) is 26.0 Å². The summed E-state index contributed by atoms with van der Waals surface area (Å²) in [7, 11) is 2.07. The molecule has 1 aromatic rings. The van der Waals surface area contributed by atoms with Gasteiger partial charge in [-0.1, -0.05) is 0 Å². The molecule has 0 saturated heterocycles. The van der Waals surface area contributed by atoms with Crippen LogP contribution < -0.4 is 0 Å². The Labute approximate surface area is 85.2 Å². The zero-order valence-corrected chi connectivity index (χ0v) is 8.93. The Hall–Kier alpha value is -0.870. The number of imidazole rings is 1. The standard InChI is InChI=1S/C10H19N3O/c1-10(14)3-5-12(2)7-8-13-6-4-11-9-13/h4,6,9-10,14H,3,5,7-8H2,1-2H3. The summed E-state index contributed by atoms with van der Waals surface area (Å²) in [5, 5.41) is 9.11. The molecule has 0 aromatic carbocycles. The molecule has 0 fully saturated rings. The molecule has 0 radical (unpaired) electrons. The number of aromatic nitrogens is 2. The summed E-state index contributed by atoms with van der Waals surface area (Å²) in [5.74, 6) is 0. The second-order valence-electron chi connectivity index (χ2n) is 3.74. The Morgan fingerprint density at radius 3 is 2.86 bits per heavy atom. The molecule has 0 spiro atoms. The van der Waals surface area contributed by atoms with Gasteiger partial charge in [0.2, 0.25) is 0 Å². The molecule has 80 valence electrons. The molecule has 0 aliphatic rings. The Morgan fingerprint density at radius 2 is 2.29 bits per heavy atom. The second-order valence-corrected chi connectivity index (χ2v) is 3.74. The minimum Gasteiger partial charge on any atom is -0.393 e. The van der Waals surface area contributed by atoms with Crippen LogP contribution >= 0.6 is 0 Å². The van der Waals surface area contributed by atoms with E-state index < -0.39 is 0 Å². The predicted molar refractivity (Wildman–Crippen MR) is 56.0 cm³/mol. The maximum Gasteiger partial charge on any atom is 0.0946 e. The van der Waals surface area contributed by atoms with Gasteiger partial charge in [-0.15, -0.1) is 0 Å². The number of nitrogens with zero attached hydrogens (tertiary/aromatic N) is 3. The van der Waals surface area contributed by atoms with Crippen LogP contribution in [-0.2, 0) is 6.54 Å². The average Bonchev–Trinajstić information content (AvgIpc) is 2.63. The van der Waals surface area contributed by atoms with E-state index in [2.05, 4.69) is 21.5 Å². The van der Waals surface area contributed by atoms with Gasteiger partial charge in [0.05, 0.1) is 12.4 Å². The fourth-order valence-electron chi connectivity index (χ4n) is 1.22. The van der Waals surface area contributed by atoms with Crippen molar-refractivity contribution in [3.05, 3.63) is 18.7 Å². The van der Waals surface area contributed by atoms with Crippen molar-refractivity contribution in [1.82, 2.24) is 14.5 Å². The van der Waals surface area contributed by atoms with Gasteiger partial charge >= 0.3 is 0 Å². The fraction of sp³-hybridized carbons (Fsp3) is 0.700. The normalized spacial score (nSPS) is 13.4. The molecule has 1 unspecified atom stereocenters. The van der Waals surface area contributed by atoms with Crippen LogP contribution in [0.2, 0.25) is 0 Å². The van der Waals surface area contributed by atoms with Crippen LogP contribution in [0.5, 0.6) is 0 Å². The maximum absolute atomic E-state index is 9.11. The van der Waals surface area contributed by atoms with Gasteiger partial charge < -0.3 is 14.6 Å². The fourth-order valence-corrected chi connectivity index (χ4v) is 1.22. The van der Waals surface area contributed by atoms with Crippen molar-refractivity contribution in [3.63, 3.8) is 0 Å². The largest absolute Gasteiger partial charge is 0.393 e. The summed E-state index contributed by atoms with van der Waals surface area (Å²) in [6, 6.07) is 0. The maximum atomic E-state index is 9.11. The highest BCUT2D eigenvalue weighted by Gasteiger charge is 2.01. The Balaban J connectivity index is 2.12. The van der Waals surface area contributed by atoms with E-state index in [0.717, 1.165) is 26.1 Å². The third-order valence-electron chi connectivity index (χ3n) is 2.23. The van der Waals surface area contributed by atoms with Gasteiger partial charge in [-0.05, 0) is 20.4 Å². The van der Waals surface area contributed by atoms with Crippen LogP contribution in [0, 0.1) is 0 Å². The van der Waals surface area contributed by atoms with E-state index in [4.69, 9.17) is 5.11 Å². The summed E-state index contributed by atoms with van der Waals surface area (Å²) in [6.07, 6.45) is 6.20. The lowest BCUT2D eigenvalue weighted by Gasteiger charge is -2.17. The van der Waals surface area contributed by atoms with Crippen molar-refractivity contribution < 1.29 is 5.11 Å². The topological polar surface area (TPSA) is 41.3 Å². The van der Waals surface area contributed by atoms with Gasteiger partial charge in [0.1, 0.15) is 0 Å². The smallest absolute Gasteiger partial charge is 0.0946 e. The summed E-state index contributed by atoms with van der Waals surface area (Å²) >= 11 is 0. The van der Waals surface area contributed by atoms with Gasteiger partial charge in [-0.3, -0.25) is 0 Å². The van der Waals surface area contributed by atoms with Gasteiger partial charge in [0.15, 0.2) is 0 Å². The van der Waals surface area contributed by atoms with E-state index in [9.17, 15) is 0 Å². The Kier molecular flexibility index (Phi) is 4.62. The van der Waals surface area contributed by atoms with Crippen molar-refractivity contribution in [2.24, 2.45) is 0 Å². The predicted octanol–water partition coefficient (Wildman–Crippen LogP) is 0.586. The number of hydrogen-bond donors (Lipinski definition) is 1. The summed E-state index contributed by atoms with van der Waals surface area (Å²) in [6.45, 7) is 4.70. The summed E-state index contributed by atoms with van der Waals surface area (Å²) < 4.78 is 2.05. The molecule has 1 aromatic heterocycles. The van der Waals surface area contributed by atoms with Crippen LogP contribution in [0.1, 0.15) is 13.3 Å². The van der Waals surface area contributed by atoms with Crippen LogP contribution in [0.15, 0.2) is 18.7 Å². The first-order valence-corrected chi connectivity index (χ1v) is 5.01. The first-order chi connectivity index (χ1) is 6.68. The molecule has 14 heavy (non-hydrogen) atoms. The number of aliphatic hydroxyl groups is 1. The third-order valence-corrected chi connectivity index (χ3v) is 2.23. The third kappa shape index (κ3) is 4.39. The molecular weight excluding hydrogens is 178 g/mol. The molecule has 1 rings (SSSR count). The van der Waals surface area contributed by atoms with Crippen LogP contribution in [0.25, 0.3) is 0 Å². The van der Waals surface area contributed by atoms with Crippen LogP contribution in [-0.4, -0.2) is 45.8 Å². The average molecular weight is 197 g/mol. The molecule has 0 aliphatic carbocycles. The minimum atomic E-state index is -0.203. The molecule has 1 N–H and O–H groups in total. The molecule has 0 amide bonds. The zero-order valence-electron chi connectivity index (χ0n) is 8.93. The molecular formula is C10H19N3O. The van der Waals surface area contributed by atoms with E-state index >= 15 is 0 Å². The molecule has 1 atom stereocenters. The molecule has 0 aliphatic heterocycles. The first-order valence-electron chi connectivity index (χ1n) is 5.01. The molecule has 0 bridgehead atoms. The summed E-state index contributed by atoms with van der Waals surface area (Å²) in [4.78, 5) is 6.19. The van der Waals surface area contributed by atoms with Gasteiger partial charge in [-0.2, -0.15) is 0 Å². The highest BCUT2D eigenvalue weighted by Crippen LogP contribution is 1.94. The number of rotatable bonds is 6. The highest BCUT2D eigenvalue weighted by molar-refractivity contribution is 4.74. The van der Waals surface area contributed by atoms with E-state index in [0.29, 0.717) is 0 Å². The first kappa shape index (κ1) is 11.2. The van der Waals surface area contributed by atoms with Crippen molar-refractivity contribution in [2.75, 3.05) is 20.1 Å². The number of hydrogen-bond acceptors (Lipinski definition) is 3. The lowest BCUT2D eigenvalue weighted by Crippen LogP contribution is -2.26. The lowest BCUT2D eigenvalue weighted by molar-refractivity contribution is 0.163. The Bertz CT molecular complexity index is 234.